The van der Waals surface area contributed by atoms with Crippen LogP contribution in [0.4, 0.5) is 0 Å². The minimum absolute atomic E-state index is 0.140. The summed E-state index contributed by atoms with van der Waals surface area (Å²) < 4.78 is 0. The highest BCUT2D eigenvalue weighted by atomic mass is 16.1. The molecule has 2 saturated carbocycles. The second-order valence-corrected chi connectivity index (χ2v) is 5.85. The van der Waals surface area contributed by atoms with Gasteiger partial charge in [-0.3, -0.25) is 4.79 Å². The number of hydrogen-bond acceptors (Lipinski definition) is 1. The van der Waals surface area contributed by atoms with E-state index in [4.69, 9.17) is 0 Å². The highest BCUT2D eigenvalue weighted by Gasteiger charge is 2.50. The molecular formula is C13H18O. The van der Waals surface area contributed by atoms with Gasteiger partial charge in [-0.05, 0) is 51.4 Å². The lowest BCUT2D eigenvalue weighted by Gasteiger charge is -2.50. The molecule has 0 aliphatic heterocycles. The summed E-state index contributed by atoms with van der Waals surface area (Å²) in [7, 11) is 0. The van der Waals surface area contributed by atoms with E-state index in [1.54, 1.807) is 0 Å². The van der Waals surface area contributed by atoms with Crippen LogP contribution in [0.25, 0.3) is 0 Å². The minimum Gasteiger partial charge on any atom is -0.298 e. The molecule has 76 valence electrons. The minimum atomic E-state index is -0.140. The van der Waals surface area contributed by atoms with Crippen LogP contribution in [-0.2, 0) is 4.79 Å². The molecule has 0 saturated heterocycles. The molecule has 3 bridgehead atoms. The van der Waals surface area contributed by atoms with Crippen LogP contribution in [0.3, 0.4) is 0 Å². The average Bonchev–Trinajstić information content (AvgIpc) is 2.14. The smallest absolute Gasteiger partial charge is 0.145 e. The Bertz CT molecular complexity index is 324. The maximum absolute atomic E-state index is 12.2. The molecule has 3 rings (SSSR count). The van der Waals surface area contributed by atoms with E-state index in [0.29, 0.717) is 11.7 Å². The topological polar surface area (TPSA) is 17.1 Å². The fraction of sp³-hybridized carbons (Fsp3) is 0.769. The first-order chi connectivity index (χ1) is 6.59. The average molecular weight is 190 g/mol. The lowest BCUT2D eigenvalue weighted by Crippen LogP contribution is -2.47. The van der Waals surface area contributed by atoms with E-state index >= 15 is 0 Å². The summed E-state index contributed by atoms with van der Waals surface area (Å²) in [5.41, 5.74) is 1.33. The summed E-state index contributed by atoms with van der Waals surface area (Å²) in [5.74, 6) is 2.48. The van der Waals surface area contributed by atoms with Crippen LogP contribution in [0.1, 0.15) is 39.5 Å². The van der Waals surface area contributed by atoms with Gasteiger partial charge in [0, 0.05) is 11.3 Å². The predicted octanol–water partition coefficient (Wildman–Crippen LogP) is 2.96. The Morgan fingerprint density at radius 3 is 2.71 bits per heavy atom. The van der Waals surface area contributed by atoms with Gasteiger partial charge in [0.1, 0.15) is 5.78 Å². The van der Waals surface area contributed by atoms with Gasteiger partial charge in [0.25, 0.3) is 0 Å². The van der Waals surface area contributed by atoms with E-state index < -0.39 is 0 Å². The van der Waals surface area contributed by atoms with Crippen LogP contribution >= 0.6 is 0 Å². The van der Waals surface area contributed by atoms with Gasteiger partial charge >= 0.3 is 0 Å². The largest absolute Gasteiger partial charge is 0.298 e. The van der Waals surface area contributed by atoms with Crippen molar-refractivity contribution in [3.8, 4) is 0 Å². The lowest BCUT2D eigenvalue weighted by molar-refractivity contribution is -0.135. The molecule has 0 aromatic rings. The highest BCUT2D eigenvalue weighted by Crippen LogP contribution is 2.54. The Hall–Kier alpha value is -0.590. The summed E-state index contributed by atoms with van der Waals surface area (Å²) in [6, 6.07) is 0. The zero-order chi connectivity index (χ0) is 9.92. The van der Waals surface area contributed by atoms with E-state index in [0.717, 1.165) is 18.3 Å². The Morgan fingerprint density at radius 2 is 1.93 bits per heavy atom. The molecule has 0 amide bonds. The van der Waals surface area contributed by atoms with Gasteiger partial charge in [-0.2, -0.15) is 0 Å². The Morgan fingerprint density at radius 1 is 1.21 bits per heavy atom. The van der Waals surface area contributed by atoms with Crippen molar-refractivity contribution < 1.29 is 4.79 Å². The van der Waals surface area contributed by atoms with Crippen molar-refractivity contribution in [3.63, 3.8) is 0 Å². The quantitative estimate of drug-likeness (QED) is 0.537. The van der Waals surface area contributed by atoms with Gasteiger partial charge < -0.3 is 0 Å². The summed E-state index contributed by atoms with van der Waals surface area (Å²) in [4.78, 5) is 12.2. The lowest BCUT2D eigenvalue weighted by atomic mass is 9.53. The van der Waals surface area contributed by atoms with Crippen molar-refractivity contribution in [2.24, 2.45) is 23.2 Å². The van der Waals surface area contributed by atoms with Crippen LogP contribution in [-0.4, -0.2) is 5.78 Å². The number of fused-ring (bicyclic) bond motifs is 2. The van der Waals surface area contributed by atoms with Crippen molar-refractivity contribution in [2.45, 2.75) is 39.5 Å². The first-order valence-electron chi connectivity index (χ1n) is 5.84. The third-order valence-electron chi connectivity index (χ3n) is 4.62. The molecule has 0 N–H and O–H groups in total. The van der Waals surface area contributed by atoms with E-state index in [1.165, 1.54) is 24.8 Å². The van der Waals surface area contributed by atoms with Gasteiger partial charge in [-0.15, -0.1) is 0 Å². The van der Waals surface area contributed by atoms with Crippen LogP contribution in [0, 0.1) is 23.2 Å². The highest BCUT2D eigenvalue weighted by molar-refractivity contribution is 5.91. The Labute approximate surface area is 85.6 Å². The summed E-state index contributed by atoms with van der Waals surface area (Å²) >= 11 is 0. The predicted molar refractivity (Wildman–Crippen MR) is 55.8 cm³/mol. The van der Waals surface area contributed by atoms with Gasteiger partial charge in [0.05, 0.1) is 0 Å². The second kappa shape index (κ2) is 2.50. The number of Topliss-reactive ketones (excluding diaryl/α,β-unsaturated/α-hetero) is 1. The molecule has 0 spiro atoms. The molecule has 1 heteroatoms. The van der Waals surface area contributed by atoms with Gasteiger partial charge in [0.2, 0.25) is 0 Å². The summed E-state index contributed by atoms with van der Waals surface area (Å²) in [6.07, 6.45) is 7.30. The number of ketones is 1. The number of allylic oxidation sites excluding steroid dienone is 2. The van der Waals surface area contributed by atoms with Crippen LogP contribution in [0.5, 0.6) is 0 Å². The molecule has 2 fully saturated rings. The molecule has 3 atom stereocenters. The first kappa shape index (κ1) is 8.70. The van der Waals surface area contributed by atoms with Crippen LogP contribution in [0.2, 0.25) is 0 Å². The number of carbonyl (C=O) groups is 1. The zero-order valence-electron chi connectivity index (χ0n) is 9.05. The van der Waals surface area contributed by atoms with E-state index in [2.05, 4.69) is 19.9 Å². The molecule has 3 aliphatic carbocycles. The van der Waals surface area contributed by atoms with Gasteiger partial charge in [-0.1, -0.05) is 11.6 Å². The molecule has 3 aliphatic rings. The van der Waals surface area contributed by atoms with Crippen molar-refractivity contribution in [1.29, 1.82) is 0 Å². The summed E-state index contributed by atoms with van der Waals surface area (Å²) in [6.45, 7) is 4.26. The fourth-order valence-corrected chi connectivity index (χ4v) is 3.98. The third kappa shape index (κ3) is 0.933. The normalized spacial score (nSPS) is 43.7. The van der Waals surface area contributed by atoms with Crippen LogP contribution in [0.15, 0.2) is 11.6 Å². The van der Waals surface area contributed by atoms with Crippen LogP contribution < -0.4 is 0 Å². The summed E-state index contributed by atoms with van der Waals surface area (Å²) in [5, 5.41) is 0. The second-order valence-electron chi connectivity index (χ2n) is 5.85. The van der Waals surface area contributed by atoms with Crippen molar-refractivity contribution in [2.75, 3.05) is 0 Å². The number of carbonyl (C=O) groups excluding carboxylic acids is 1. The van der Waals surface area contributed by atoms with E-state index in [-0.39, 0.29) is 5.41 Å². The van der Waals surface area contributed by atoms with Gasteiger partial charge in [-0.25, -0.2) is 0 Å². The monoisotopic (exact) mass is 190 g/mol. The SMILES string of the molecule is CC1(C)C(=O)[C@@H]2C[C@@H]3CC=C1[C@H](C3)C2. The molecule has 1 nitrogen and oxygen atoms in total. The van der Waals surface area contributed by atoms with Crippen molar-refractivity contribution in [1.82, 2.24) is 0 Å². The Balaban J connectivity index is 2.12. The van der Waals surface area contributed by atoms with Crippen molar-refractivity contribution in [3.05, 3.63) is 11.6 Å². The molecule has 0 radical (unpaired) electrons. The molecule has 0 heterocycles. The van der Waals surface area contributed by atoms with Gasteiger partial charge in [0.15, 0.2) is 0 Å². The third-order valence-corrected chi connectivity index (χ3v) is 4.62. The molecule has 0 aromatic heterocycles. The zero-order valence-corrected chi connectivity index (χ0v) is 9.05. The first-order valence-corrected chi connectivity index (χ1v) is 5.84. The maximum atomic E-state index is 12.2. The maximum Gasteiger partial charge on any atom is 0.145 e. The Kier molecular flexibility index (Phi) is 1.55. The number of rotatable bonds is 0. The fourth-order valence-electron chi connectivity index (χ4n) is 3.98. The molecule has 0 aromatic carbocycles. The molecule has 14 heavy (non-hydrogen) atoms. The van der Waals surface area contributed by atoms with E-state index in [9.17, 15) is 4.79 Å². The molecular weight excluding hydrogens is 172 g/mol. The van der Waals surface area contributed by atoms with E-state index in [1.807, 2.05) is 0 Å². The number of hydrogen-bond donors (Lipinski definition) is 0. The standard InChI is InChI=1S/C13H18O/c1-13(2)11-4-3-8-5-9(11)7-10(6-8)12(13)14/h4,8-10H,3,5-7H2,1-2H3/t8-,9-,10-/m1/s1. The van der Waals surface area contributed by atoms with Crippen molar-refractivity contribution >= 4 is 5.78 Å². The molecule has 0 unspecified atom stereocenters.